The van der Waals surface area contributed by atoms with Crippen molar-refractivity contribution < 1.29 is 0 Å². The zero-order valence-corrected chi connectivity index (χ0v) is 4.02. The fourth-order valence-electron chi connectivity index (χ4n) is 1.02. The molecule has 0 aliphatic heterocycles. The number of hydrazine groups is 1. The quantitative estimate of drug-likeness (QED) is 0.280. The highest BCUT2D eigenvalue weighted by molar-refractivity contribution is 5.51. The minimum Gasteiger partial charge on any atom is -0.271 e. The molecule has 7 heavy (non-hydrogen) atoms. The summed E-state index contributed by atoms with van der Waals surface area (Å²) in [4.78, 5) is 0. The van der Waals surface area contributed by atoms with Gasteiger partial charge in [-0.1, -0.05) is 11.6 Å². The number of hydrogen-bond donors (Lipinski definition) is 2. The van der Waals surface area contributed by atoms with Crippen LogP contribution in [0, 0.1) is 11.8 Å². The van der Waals surface area contributed by atoms with Gasteiger partial charge < -0.3 is 0 Å². The van der Waals surface area contributed by atoms with Crippen LogP contribution in [0.2, 0.25) is 0 Å². The Kier molecular flexibility index (Phi) is 0.470. The fraction of sp³-hybridized carbons (Fsp3) is 0.600. The van der Waals surface area contributed by atoms with E-state index in [4.69, 9.17) is 5.84 Å². The third-order valence-electron chi connectivity index (χ3n) is 1.74. The van der Waals surface area contributed by atoms with Gasteiger partial charge in [0.15, 0.2) is 0 Å². The number of fused-ring (bicyclic) bond motifs is 1. The Morgan fingerprint density at radius 2 is 2.57 bits per heavy atom. The van der Waals surface area contributed by atoms with Crippen molar-refractivity contribution in [3.05, 3.63) is 11.6 Å². The van der Waals surface area contributed by atoms with Gasteiger partial charge in [0.1, 0.15) is 0 Å². The fourth-order valence-corrected chi connectivity index (χ4v) is 1.02. The monoisotopic (exact) mass is 96.1 g/mol. The third kappa shape index (κ3) is 0.353. The minimum absolute atomic E-state index is 0.838. The zero-order valence-electron chi connectivity index (χ0n) is 4.02. The standard InChI is InChI=1S/C5H8N2/c6-7-2-5-3-1-4(3)5/h1,3,5,7H,2,6H2/t3-,5?/m0/s1. The molecule has 2 aliphatic carbocycles. The summed E-state index contributed by atoms with van der Waals surface area (Å²) in [6.45, 7) is 0.983. The van der Waals surface area contributed by atoms with Crippen molar-refractivity contribution in [1.82, 2.24) is 5.43 Å². The van der Waals surface area contributed by atoms with Crippen molar-refractivity contribution in [2.75, 3.05) is 6.54 Å². The molecule has 1 saturated carbocycles. The molecule has 2 nitrogen and oxygen atoms in total. The maximum absolute atomic E-state index is 5.08. The van der Waals surface area contributed by atoms with Crippen LogP contribution >= 0.6 is 0 Å². The van der Waals surface area contributed by atoms with Crippen LogP contribution in [0.15, 0.2) is 11.6 Å². The largest absolute Gasteiger partial charge is 0.271 e. The van der Waals surface area contributed by atoms with E-state index >= 15 is 0 Å². The Hall–Kier alpha value is -0.340. The second kappa shape index (κ2) is 0.904. The number of rotatable bonds is 2. The first kappa shape index (κ1) is 3.64. The van der Waals surface area contributed by atoms with E-state index in [0.717, 1.165) is 18.4 Å². The van der Waals surface area contributed by atoms with E-state index in [1.807, 2.05) is 0 Å². The Bertz CT molecular complexity index is 128. The van der Waals surface area contributed by atoms with Gasteiger partial charge in [-0.2, -0.15) is 0 Å². The van der Waals surface area contributed by atoms with Crippen molar-refractivity contribution in [3.8, 4) is 0 Å². The third-order valence-corrected chi connectivity index (χ3v) is 1.74. The van der Waals surface area contributed by atoms with Crippen molar-refractivity contribution in [1.29, 1.82) is 0 Å². The van der Waals surface area contributed by atoms with Crippen LogP contribution in [0.1, 0.15) is 0 Å². The highest BCUT2D eigenvalue weighted by Crippen LogP contribution is 2.59. The van der Waals surface area contributed by atoms with Crippen LogP contribution in [0.4, 0.5) is 0 Å². The summed E-state index contributed by atoms with van der Waals surface area (Å²) in [5, 5.41) is 0. The average Bonchev–Trinajstić information content (AvgIpc) is 2.41. The Morgan fingerprint density at radius 3 is 2.71 bits per heavy atom. The van der Waals surface area contributed by atoms with Gasteiger partial charge in [-0.3, -0.25) is 11.3 Å². The molecule has 0 bridgehead atoms. The summed E-state index contributed by atoms with van der Waals surface area (Å²) in [5.74, 6) is 6.80. The van der Waals surface area contributed by atoms with Gasteiger partial charge >= 0.3 is 0 Å². The van der Waals surface area contributed by atoms with E-state index in [1.165, 1.54) is 0 Å². The van der Waals surface area contributed by atoms with Crippen molar-refractivity contribution in [3.63, 3.8) is 0 Å². The lowest BCUT2D eigenvalue weighted by molar-refractivity contribution is 0.647. The van der Waals surface area contributed by atoms with Crippen molar-refractivity contribution >= 4 is 0 Å². The summed E-state index contributed by atoms with van der Waals surface area (Å²) in [6, 6.07) is 0. The molecule has 1 fully saturated rings. The molecular weight excluding hydrogens is 88.1 g/mol. The summed E-state index contributed by atoms with van der Waals surface area (Å²) < 4.78 is 0. The molecule has 38 valence electrons. The van der Waals surface area contributed by atoms with Gasteiger partial charge in [0.05, 0.1) is 0 Å². The first-order valence-corrected chi connectivity index (χ1v) is 2.58. The topological polar surface area (TPSA) is 38.0 Å². The minimum atomic E-state index is 0.838. The van der Waals surface area contributed by atoms with E-state index in [0.29, 0.717) is 0 Å². The van der Waals surface area contributed by atoms with Crippen LogP contribution in [-0.4, -0.2) is 6.54 Å². The molecule has 0 aromatic heterocycles. The molecule has 0 amide bonds. The van der Waals surface area contributed by atoms with E-state index in [9.17, 15) is 0 Å². The normalized spacial score (nSPS) is 42.1. The highest BCUT2D eigenvalue weighted by Gasteiger charge is 2.52. The van der Waals surface area contributed by atoms with Gasteiger partial charge in [0.25, 0.3) is 0 Å². The number of nitrogens with two attached hydrogens (primary N) is 1. The molecule has 0 aromatic rings. The van der Waals surface area contributed by atoms with E-state index in [-0.39, 0.29) is 0 Å². The molecule has 0 radical (unpaired) electrons. The second-order valence-corrected chi connectivity index (χ2v) is 2.21. The second-order valence-electron chi connectivity index (χ2n) is 2.21. The Balaban J connectivity index is 1.82. The Morgan fingerprint density at radius 1 is 1.86 bits per heavy atom. The van der Waals surface area contributed by atoms with E-state index in [1.54, 1.807) is 5.57 Å². The molecule has 2 atom stereocenters. The van der Waals surface area contributed by atoms with Crippen LogP contribution in [0.3, 0.4) is 0 Å². The molecule has 2 heteroatoms. The smallest absolute Gasteiger partial charge is 0.0172 e. The lowest BCUT2D eigenvalue weighted by atomic mass is 10.3. The zero-order chi connectivity index (χ0) is 4.85. The van der Waals surface area contributed by atoms with Crippen molar-refractivity contribution in [2.45, 2.75) is 0 Å². The molecule has 0 aromatic carbocycles. The molecule has 1 unspecified atom stereocenters. The van der Waals surface area contributed by atoms with Gasteiger partial charge in [-0.25, -0.2) is 0 Å². The predicted molar refractivity (Wildman–Crippen MR) is 27.3 cm³/mol. The van der Waals surface area contributed by atoms with Gasteiger partial charge in [-0.15, -0.1) is 0 Å². The average molecular weight is 96.1 g/mol. The Labute approximate surface area is 42.4 Å². The van der Waals surface area contributed by atoms with Crippen LogP contribution in [-0.2, 0) is 0 Å². The molecule has 3 N–H and O–H groups in total. The van der Waals surface area contributed by atoms with Gasteiger partial charge in [-0.05, 0) is 0 Å². The summed E-state index contributed by atoms with van der Waals surface area (Å²) in [7, 11) is 0. The number of hydrogen-bond acceptors (Lipinski definition) is 2. The predicted octanol–water partition coefficient (Wildman–Crippen LogP) is -0.364. The lowest BCUT2D eigenvalue weighted by Crippen LogP contribution is -2.25. The summed E-state index contributed by atoms with van der Waals surface area (Å²) in [6.07, 6.45) is 2.28. The molecule has 0 spiro atoms. The lowest BCUT2D eigenvalue weighted by Gasteiger charge is -1.93. The van der Waals surface area contributed by atoms with Crippen molar-refractivity contribution in [2.24, 2.45) is 17.7 Å². The number of allylic oxidation sites excluding steroid dienone is 1. The first-order valence-electron chi connectivity index (χ1n) is 2.58. The first-order chi connectivity index (χ1) is 3.43. The van der Waals surface area contributed by atoms with Crippen LogP contribution in [0.25, 0.3) is 0 Å². The molecule has 2 rings (SSSR count). The molecule has 0 heterocycles. The van der Waals surface area contributed by atoms with Crippen LogP contribution < -0.4 is 11.3 Å². The summed E-state index contributed by atoms with van der Waals surface area (Å²) in [5.41, 5.74) is 4.27. The van der Waals surface area contributed by atoms with Gasteiger partial charge in [0.2, 0.25) is 0 Å². The van der Waals surface area contributed by atoms with E-state index in [2.05, 4.69) is 11.5 Å². The molecule has 0 saturated heterocycles. The molecule has 2 aliphatic rings. The SMILES string of the molecule is NNCC1C2=C[C@@H]21. The molecular formula is C5H8N2. The maximum atomic E-state index is 5.08. The number of nitrogens with one attached hydrogen (secondary N) is 1. The highest BCUT2D eigenvalue weighted by atomic mass is 15.2. The van der Waals surface area contributed by atoms with E-state index < -0.39 is 0 Å². The van der Waals surface area contributed by atoms with Crippen LogP contribution in [0.5, 0.6) is 0 Å². The van der Waals surface area contributed by atoms with Gasteiger partial charge in [0, 0.05) is 18.4 Å². The maximum Gasteiger partial charge on any atom is 0.0172 e. The summed E-state index contributed by atoms with van der Waals surface area (Å²) >= 11 is 0.